The standard InChI is InChI=1S/C22H22N2O4/c1-27-19-9-7-16(8-10-19)20(25)11-12-22(26)23-14-13-18-15-21(28-24-18)17-5-3-2-4-6-17/h2-10,15H,11-14H2,1H3,(H,23,26). The second-order valence-corrected chi connectivity index (χ2v) is 6.30. The SMILES string of the molecule is COc1ccc(C(=O)CCC(=O)NCCc2cc(-c3ccccc3)on2)cc1. The Kier molecular flexibility index (Phi) is 6.57. The van der Waals surface area contributed by atoms with E-state index in [4.69, 9.17) is 9.26 Å². The Morgan fingerprint density at radius 2 is 1.79 bits per heavy atom. The summed E-state index contributed by atoms with van der Waals surface area (Å²) in [6.45, 7) is 0.441. The Morgan fingerprint density at radius 1 is 1.04 bits per heavy atom. The van der Waals surface area contributed by atoms with Gasteiger partial charge >= 0.3 is 0 Å². The number of carbonyl (C=O) groups is 2. The lowest BCUT2D eigenvalue weighted by Gasteiger charge is -2.05. The number of rotatable bonds is 9. The largest absolute Gasteiger partial charge is 0.497 e. The second-order valence-electron chi connectivity index (χ2n) is 6.30. The summed E-state index contributed by atoms with van der Waals surface area (Å²) in [5.41, 5.74) is 2.31. The van der Waals surface area contributed by atoms with E-state index in [-0.39, 0.29) is 24.5 Å². The summed E-state index contributed by atoms with van der Waals surface area (Å²) in [4.78, 5) is 24.1. The highest BCUT2D eigenvalue weighted by atomic mass is 16.5. The highest BCUT2D eigenvalue weighted by Gasteiger charge is 2.10. The summed E-state index contributed by atoms with van der Waals surface area (Å²) in [7, 11) is 1.57. The molecule has 0 saturated carbocycles. The fourth-order valence-corrected chi connectivity index (χ4v) is 2.73. The molecule has 6 nitrogen and oxygen atoms in total. The van der Waals surface area contributed by atoms with Gasteiger partial charge in [-0.15, -0.1) is 0 Å². The Morgan fingerprint density at radius 3 is 2.50 bits per heavy atom. The van der Waals surface area contributed by atoms with Crippen molar-refractivity contribution in [2.45, 2.75) is 19.3 Å². The number of ketones is 1. The van der Waals surface area contributed by atoms with Gasteiger partial charge in [0, 0.05) is 43.0 Å². The molecule has 0 aliphatic rings. The molecule has 0 saturated heterocycles. The predicted molar refractivity (Wildman–Crippen MR) is 105 cm³/mol. The maximum Gasteiger partial charge on any atom is 0.220 e. The minimum atomic E-state index is -0.159. The summed E-state index contributed by atoms with van der Waals surface area (Å²) in [6, 6.07) is 18.4. The van der Waals surface area contributed by atoms with Gasteiger partial charge in [-0.25, -0.2) is 0 Å². The van der Waals surface area contributed by atoms with Crippen LogP contribution < -0.4 is 10.1 Å². The van der Waals surface area contributed by atoms with Crippen LogP contribution in [0.25, 0.3) is 11.3 Å². The summed E-state index contributed by atoms with van der Waals surface area (Å²) in [6.07, 6.45) is 0.883. The molecule has 0 bridgehead atoms. The normalized spacial score (nSPS) is 10.5. The fourth-order valence-electron chi connectivity index (χ4n) is 2.73. The van der Waals surface area contributed by atoms with Crippen LogP contribution in [0.3, 0.4) is 0 Å². The summed E-state index contributed by atoms with van der Waals surface area (Å²) >= 11 is 0. The van der Waals surface area contributed by atoms with E-state index in [0.717, 1.165) is 11.3 Å². The predicted octanol–water partition coefficient (Wildman–Crippen LogP) is 3.67. The maximum absolute atomic E-state index is 12.1. The van der Waals surface area contributed by atoms with Crippen molar-refractivity contribution in [3.63, 3.8) is 0 Å². The number of ether oxygens (including phenoxy) is 1. The first kappa shape index (κ1) is 19.4. The fraction of sp³-hybridized carbons (Fsp3) is 0.227. The average Bonchev–Trinajstić information content (AvgIpc) is 3.21. The number of methoxy groups -OCH3 is 1. The van der Waals surface area contributed by atoms with E-state index in [0.29, 0.717) is 30.0 Å². The van der Waals surface area contributed by atoms with Gasteiger partial charge in [-0.3, -0.25) is 9.59 Å². The van der Waals surface area contributed by atoms with Crippen LogP contribution in [0, 0.1) is 0 Å². The molecule has 0 radical (unpaired) electrons. The highest BCUT2D eigenvalue weighted by molar-refractivity contribution is 5.98. The number of carbonyl (C=O) groups excluding carboxylic acids is 2. The first-order valence-electron chi connectivity index (χ1n) is 9.10. The van der Waals surface area contributed by atoms with E-state index < -0.39 is 0 Å². The summed E-state index contributed by atoms with van der Waals surface area (Å²) in [5, 5.41) is 6.84. The lowest BCUT2D eigenvalue weighted by molar-refractivity contribution is -0.121. The topological polar surface area (TPSA) is 81.4 Å². The van der Waals surface area contributed by atoms with Gasteiger partial charge in [0.15, 0.2) is 11.5 Å². The summed E-state index contributed by atoms with van der Waals surface area (Å²) in [5.74, 6) is 1.17. The average molecular weight is 378 g/mol. The quantitative estimate of drug-likeness (QED) is 0.575. The lowest BCUT2D eigenvalue weighted by atomic mass is 10.1. The number of Topliss-reactive ketones (excluding diaryl/α,β-unsaturated/α-hetero) is 1. The molecule has 0 fully saturated rings. The van der Waals surface area contributed by atoms with E-state index in [1.807, 2.05) is 36.4 Å². The molecular weight excluding hydrogens is 356 g/mol. The van der Waals surface area contributed by atoms with Crippen molar-refractivity contribution in [3.05, 3.63) is 71.9 Å². The lowest BCUT2D eigenvalue weighted by Crippen LogP contribution is -2.26. The Hall–Kier alpha value is -3.41. The molecule has 28 heavy (non-hydrogen) atoms. The van der Waals surface area contributed by atoms with Gasteiger partial charge < -0.3 is 14.6 Å². The van der Waals surface area contributed by atoms with E-state index in [1.54, 1.807) is 31.4 Å². The molecule has 1 heterocycles. The van der Waals surface area contributed by atoms with Crippen molar-refractivity contribution >= 4 is 11.7 Å². The van der Waals surface area contributed by atoms with Gasteiger partial charge in [0.1, 0.15) is 5.75 Å². The van der Waals surface area contributed by atoms with Gasteiger partial charge in [0.05, 0.1) is 12.8 Å². The number of nitrogens with one attached hydrogen (secondary N) is 1. The zero-order valence-corrected chi connectivity index (χ0v) is 15.7. The molecule has 0 aliphatic carbocycles. The molecule has 1 N–H and O–H groups in total. The third kappa shape index (κ3) is 5.30. The van der Waals surface area contributed by atoms with Crippen LogP contribution in [0.4, 0.5) is 0 Å². The van der Waals surface area contributed by atoms with Crippen molar-refractivity contribution in [1.29, 1.82) is 0 Å². The van der Waals surface area contributed by atoms with Crippen LogP contribution in [0.1, 0.15) is 28.9 Å². The molecule has 0 atom stereocenters. The molecule has 3 rings (SSSR count). The van der Waals surface area contributed by atoms with Crippen LogP contribution in [0.5, 0.6) is 5.75 Å². The number of aromatic nitrogens is 1. The third-order valence-corrected chi connectivity index (χ3v) is 4.31. The van der Waals surface area contributed by atoms with Gasteiger partial charge in [-0.1, -0.05) is 35.5 Å². The van der Waals surface area contributed by atoms with Crippen LogP contribution in [0.15, 0.2) is 65.2 Å². The molecule has 0 unspecified atom stereocenters. The van der Waals surface area contributed by atoms with Crippen LogP contribution in [-0.2, 0) is 11.2 Å². The molecule has 6 heteroatoms. The van der Waals surface area contributed by atoms with Crippen LogP contribution in [-0.4, -0.2) is 30.5 Å². The number of benzene rings is 2. The summed E-state index contributed by atoms with van der Waals surface area (Å²) < 4.78 is 10.4. The van der Waals surface area contributed by atoms with E-state index in [1.165, 1.54) is 0 Å². The number of nitrogens with zero attached hydrogens (tertiary/aromatic N) is 1. The van der Waals surface area contributed by atoms with E-state index >= 15 is 0 Å². The van der Waals surface area contributed by atoms with Gasteiger partial charge in [-0.2, -0.15) is 0 Å². The first-order chi connectivity index (χ1) is 13.7. The first-order valence-corrected chi connectivity index (χ1v) is 9.10. The van der Waals surface area contributed by atoms with Crippen molar-refractivity contribution in [2.75, 3.05) is 13.7 Å². The van der Waals surface area contributed by atoms with Crippen LogP contribution >= 0.6 is 0 Å². The smallest absolute Gasteiger partial charge is 0.220 e. The zero-order valence-electron chi connectivity index (χ0n) is 15.7. The van der Waals surface area contributed by atoms with Crippen molar-refractivity contribution < 1.29 is 18.8 Å². The van der Waals surface area contributed by atoms with Crippen LogP contribution in [0.2, 0.25) is 0 Å². The van der Waals surface area contributed by atoms with Crippen molar-refractivity contribution in [3.8, 4) is 17.1 Å². The van der Waals surface area contributed by atoms with Crippen molar-refractivity contribution in [1.82, 2.24) is 10.5 Å². The monoisotopic (exact) mass is 378 g/mol. The number of hydrogen-bond donors (Lipinski definition) is 1. The van der Waals surface area contributed by atoms with E-state index in [2.05, 4.69) is 10.5 Å². The molecule has 3 aromatic rings. The molecular formula is C22H22N2O4. The number of hydrogen-bond acceptors (Lipinski definition) is 5. The van der Waals surface area contributed by atoms with Gasteiger partial charge in [0.2, 0.25) is 5.91 Å². The van der Waals surface area contributed by atoms with Gasteiger partial charge in [0.25, 0.3) is 0 Å². The molecule has 0 spiro atoms. The minimum absolute atomic E-state index is 0.0678. The Balaban J connectivity index is 1.40. The second kappa shape index (κ2) is 9.50. The van der Waals surface area contributed by atoms with Gasteiger partial charge in [-0.05, 0) is 24.3 Å². The Labute approximate surface area is 163 Å². The molecule has 1 amide bonds. The number of amides is 1. The molecule has 2 aromatic carbocycles. The molecule has 144 valence electrons. The Bertz CT molecular complexity index is 917. The van der Waals surface area contributed by atoms with E-state index in [9.17, 15) is 9.59 Å². The third-order valence-electron chi connectivity index (χ3n) is 4.31. The maximum atomic E-state index is 12.1. The molecule has 0 aliphatic heterocycles. The minimum Gasteiger partial charge on any atom is -0.497 e. The molecule has 1 aromatic heterocycles. The van der Waals surface area contributed by atoms with Crippen molar-refractivity contribution in [2.24, 2.45) is 0 Å². The highest BCUT2D eigenvalue weighted by Crippen LogP contribution is 2.19. The zero-order chi connectivity index (χ0) is 19.8.